The lowest BCUT2D eigenvalue weighted by atomic mass is 10.1. The molecule has 0 atom stereocenters. The van der Waals surface area contributed by atoms with Gasteiger partial charge in [0.15, 0.2) is 0 Å². The number of nitrogens with one attached hydrogen (secondary N) is 1. The monoisotopic (exact) mass is 257 g/mol. The van der Waals surface area contributed by atoms with Gasteiger partial charge in [-0.05, 0) is 23.6 Å². The Morgan fingerprint density at radius 2 is 2.11 bits per heavy atom. The van der Waals surface area contributed by atoms with E-state index >= 15 is 0 Å². The van der Waals surface area contributed by atoms with Crippen LogP contribution in [0.4, 0.5) is 0 Å². The number of hydrogen-bond donors (Lipinski definition) is 1. The lowest BCUT2D eigenvalue weighted by Gasteiger charge is -2.08. The molecule has 102 valence electrons. The van der Waals surface area contributed by atoms with Gasteiger partial charge in [0, 0.05) is 30.9 Å². The Morgan fingerprint density at radius 3 is 2.84 bits per heavy atom. The summed E-state index contributed by atoms with van der Waals surface area (Å²) in [6, 6.07) is 9.17. The number of hydrogen-bond acceptors (Lipinski definition) is 2. The van der Waals surface area contributed by atoms with Crippen molar-refractivity contribution in [3.63, 3.8) is 0 Å². The molecule has 0 unspecified atom stereocenters. The van der Waals surface area contributed by atoms with Gasteiger partial charge in [0.1, 0.15) is 0 Å². The van der Waals surface area contributed by atoms with Crippen molar-refractivity contribution in [2.45, 2.75) is 46.3 Å². The molecule has 2 aromatic rings. The number of benzene rings is 1. The second kappa shape index (κ2) is 6.53. The van der Waals surface area contributed by atoms with E-state index in [1.54, 1.807) is 0 Å². The predicted molar refractivity (Wildman–Crippen MR) is 79.9 cm³/mol. The van der Waals surface area contributed by atoms with Gasteiger partial charge in [-0.1, -0.05) is 39.0 Å². The minimum Gasteiger partial charge on any atom is -0.310 e. The maximum Gasteiger partial charge on any atom is 0.0568 e. The Bertz CT molecular complexity index is 514. The lowest BCUT2D eigenvalue weighted by molar-refractivity contribution is 0.589. The maximum absolute atomic E-state index is 4.39. The highest BCUT2D eigenvalue weighted by atomic mass is 15.3. The van der Waals surface area contributed by atoms with Crippen LogP contribution in [-0.4, -0.2) is 15.8 Å². The van der Waals surface area contributed by atoms with Crippen molar-refractivity contribution in [2.24, 2.45) is 0 Å². The summed E-state index contributed by atoms with van der Waals surface area (Å²) in [7, 11) is 0. The fraction of sp³-hybridized carbons (Fsp3) is 0.438. The Kier molecular flexibility index (Phi) is 4.74. The fourth-order valence-corrected chi connectivity index (χ4v) is 2.05. The average Bonchev–Trinajstić information content (AvgIpc) is 2.86. The second-order valence-electron chi connectivity index (χ2n) is 5.23. The molecule has 3 heteroatoms. The van der Waals surface area contributed by atoms with Gasteiger partial charge in [0.05, 0.1) is 6.20 Å². The number of aryl methyl sites for hydroxylation is 1. The zero-order valence-electron chi connectivity index (χ0n) is 12.1. The van der Waals surface area contributed by atoms with Crippen LogP contribution in [-0.2, 0) is 13.1 Å². The number of nitrogens with zero attached hydrogens (tertiary/aromatic N) is 2. The highest BCUT2D eigenvalue weighted by Gasteiger charge is 2.03. The summed E-state index contributed by atoms with van der Waals surface area (Å²) in [6.07, 6.45) is 5.18. The Labute approximate surface area is 115 Å². The predicted octanol–water partition coefficient (Wildman–Crippen LogP) is 3.46. The van der Waals surface area contributed by atoms with Crippen molar-refractivity contribution in [2.75, 3.05) is 0 Å². The van der Waals surface area contributed by atoms with E-state index in [9.17, 15) is 0 Å². The average molecular weight is 257 g/mol. The van der Waals surface area contributed by atoms with E-state index in [-0.39, 0.29) is 0 Å². The smallest absolute Gasteiger partial charge is 0.0568 e. The van der Waals surface area contributed by atoms with E-state index in [0.29, 0.717) is 6.04 Å². The molecule has 0 fully saturated rings. The quantitative estimate of drug-likeness (QED) is 0.859. The van der Waals surface area contributed by atoms with E-state index < -0.39 is 0 Å². The molecule has 0 bridgehead atoms. The van der Waals surface area contributed by atoms with Crippen LogP contribution in [0.5, 0.6) is 0 Å². The Balaban J connectivity index is 2.12. The van der Waals surface area contributed by atoms with Crippen LogP contribution < -0.4 is 5.32 Å². The van der Waals surface area contributed by atoms with Gasteiger partial charge >= 0.3 is 0 Å². The molecule has 0 radical (unpaired) electrons. The van der Waals surface area contributed by atoms with Crippen LogP contribution in [0.25, 0.3) is 11.1 Å². The molecule has 0 saturated heterocycles. The van der Waals surface area contributed by atoms with Crippen LogP contribution >= 0.6 is 0 Å². The van der Waals surface area contributed by atoms with Crippen molar-refractivity contribution >= 4 is 0 Å². The normalized spacial score (nSPS) is 11.2. The molecule has 1 heterocycles. The van der Waals surface area contributed by atoms with E-state index in [1.165, 1.54) is 16.7 Å². The summed E-state index contributed by atoms with van der Waals surface area (Å²) < 4.78 is 2.01. The molecule has 0 aliphatic carbocycles. The first-order chi connectivity index (χ1) is 9.19. The van der Waals surface area contributed by atoms with Crippen LogP contribution in [0.15, 0.2) is 36.7 Å². The molecule has 0 aliphatic rings. The third-order valence-electron chi connectivity index (χ3n) is 3.06. The number of rotatable bonds is 6. The largest absolute Gasteiger partial charge is 0.310 e. The summed E-state index contributed by atoms with van der Waals surface area (Å²) in [6.45, 7) is 8.39. The van der Waals surface area contributed by atoms with Crippen LogP contribution in [0.3, 0.4) is 0 Å². The van der Waals surface area contributed by atoms with Gasteiger partial charge < -0.3 is 5.32 Å². The van der Waals surface area contributed by atoms with Crippen molar-refractivity contribution in [3.8, 4) is 11.1 Å². The zero-order chi connectivity index (χ0) is 13.7. The second-order valence-corrected chi connectivity index (χ2v) is 5.23. The zero-order valence-corrected chi connectivity index (χ0v) is 12.1. The van der Waals surface area contributed by atoms with Crippen LogP contribution in [0.2, 0.25) is 0 Å². The number of aromatic nitrogens is 2. The van der Waals surface area contributed by atoms with Gasteiger partial charge in [-0.3, -0.25) is 4.68 Å². The molecule has 19 heavy (non-hydrogen) atoms. The van der Waals surface area contributed by atoms with E-state index in [2.05, 4.69) is 61.6 Å². The van der Waals surface area contributed by atoms with Crippen LogP contribution in [0.1, 0.15) is 32.8 Å². The van der Waals surface area contributed by atoms with Crippen molar-refractivity contribution in [1.82, 2.24) is 15.1 Å². The molecule has 1 aromatic heterocycles. The van der Waals surface area contributed by atoms with E-state index in [1.807, 2.05) is 10.9 Å². The summed E-state index contributed by atoms with van der Waals surface area (Å²) in [4.78, 5) is 0. The highest BCUT2D eigenvalue weighted by molar-refractivity contribution is 5.62. The van der Waals surface area contributed by atoms with Gasteiger partial charge in [0.25, 0.3) is 0 Å². The standard InChI is InChI=1S/C16H23N3/c1-4-8-19-12-16(11-18-19)15-7-5-6-14(9-15)10-17-13(2)3/h5-7,9,11-13,17H,4,8,10H2,1-3H3. The maximum atomic E-state index is 4.39. The molecule has 1 aromatic carbocycles. The summed E-state index contributed by atoms with van der Waals surface area (Å²) in [5, 5.41) is 7.83. The first kappa shape index (κ1) is 13.8. The molecule has 3 nitrogen and oxygen atoms in total. The molecule has 2 rings (SSSR count). The summed E-state index contributed by atoms with van der Waals surface area (Å²) in [5.41, 5.74) is 3.75. The van der Waals surface area contributed by atoms with Gasteiger partial charge in [-0.15, -0.1) is 0 Å². The molecular formula is C16H23N3. The third-order valence-corrected chi connectivity index (χ3v) is 3.06. The van der Waals surface area contributed by atoms with Crippen molar-refractivity contribution < 1.29 is 0 Å². The van der Waals surface area contributed by atoms with Gasteiger partial charge in [-0.25, -0.2) is 0 Å². The minimum atomic E-state index is 0.510. The van der Waals surface area contributed by atoms with Crippen LogP contribution in [0, 0.1) is 0 Å². The molecule has 0 amide bonds. The molecule has 1 N–H and O–H groups in total. The lowest BCUT2D eigenvalue weighted by Crippen LogP contribution is -2.21. The van der Waals surface area contributed by atoms with Gasteiger partial charge in [0.2, 0.25) is 0 Å². The molecule has 0 aliphatic heterocycles. The van der Waals surface area contributed by atoms with Crippen molar-refractivity contribution in [3.05, 3.63) is 42.2 Å². The summed E-state index contributed by atoms with van der Waals surface area (Å²) >= 11 is 0. The Hall–Kier alpha value is -1.61. The SMILES string of the molecule is CCCn1cc(-c2cccc(CNC(C)C)c2)cn1. The molecule has 0 spiro atoms. The Morgan fingerprint density at radius 1 is 1.26 bits per heavy atom. The van der Waals surface area contributed by atoms with E-state index in [0.717, 1.165) is 19.5 Å². The summed E-state index contributed by atoms with van der Waals surface area (Å²) in [5.74, 6) is 0. The van der Waals surface area contributed by atoms with Gasteiger partial charge in [-0.2, -0.15) is 5.10 Å². The highest BCUT2D eigenvalue weighted by Crippen LogP contribution is 2.20. The minimum absolute atomic E-state index is 0.510. The first-order valence-electron chi connectivity index (χ1n) is 7.04. The molecule has 0 saturated carbocycles. The first-order valence-corrected chi connectivity index (χ1v) is 7.04. The van der Waals surface area contributed by atoms with Crippen molar-refractivity contribution in [1.29, 1.82) is 0 Å². The van der Waals surface area contributed by atoms with E-state index in [4.69, 9.17) is 0 Å². The third kappa shape index (κ3) is 3.93. The topological polar surface area (TPSA) is 29.9 Å². The molecular weight excluding hydrogens is 234 g/mol. The fourth-order valence-electron chi connectivity index (χ4n) is 2.05.